The Kier molecular flexibility index (Phi) is 7.05. The number of likely N-dealkylation sites (N-methyl/N-ethyl adjacent to an activating group) is 2. The molecule has 0 saturated carbocycles. The zero-order valence-electron chi connectivity index (χ0n) is 16.4. The lowest BCUT2D eigenvalue weighted by atomic mass is 9.94. The Hall–Kier alpha value is -0.680. The Morgan fingerprint density at radius 1 is 1.21 bits per heavy atom. The minimum Gasteiger partial charge on any atom is -0.314 e. The first-order chi connectivity index (χ1) is 11.5. The third-order valence-electron chi connectivity index (χ3n) is 6.62. The molecule has 0 aromatic carbocycles. The third-order valence-corrected chi connectivity index (χ3v) is 6.62. The Bertz CT molecular complexity index is 416. The Balaban J connectivity index is 2.23. The number of rotatable bonds is 8. The van der Waals surface area contributed by atoms with Gasteiger partial charge in [0.15, 0.2) is 5.66 Å². The molecule has 24 heavy (non-hydrogen) atoms. The van der Waals surface area contributed by atoms with Crippen LogP contribution < -0.4 is 4.90 Å². The molecule has 1 N–H and O–H groups in total. The van der Waals surface area contributed by atoms with Gasteiger partial charge in [-0.25, -0.2) is 4.90 Å². The normalized spacial score (nSPS) is 28.0. The molecule has 2 fully saturated rings. The van der Waals surface area contributed by atoms with Gasteiger partial charge in [0.05, 0.1) is 19.3 Å². The quantitative estimate of drug-likeness (QED) is 0.533. The van der Waals surface area contributed by atoms with Crippen LogP contribution in [0.2, 0.25) is 0 Å². The van der Waals surface area contributed by atoms with Gasteiger partial charge in [-0.15, -0.1) is 6.58 Å². The van der Waals surface area contributed by atoms with E-state index in [0.717, 1.165) is 13.0 Å². The number of quaternary nitrogens is 1. The fourth-order valence-electron chi connectivity index (χ4n) is 4.87. The molecule has 3 atom stereocenters. The second-order valence-corrected chi connectivity index (χ2v) is 7.74. The van der Waals surface area contributed by atoms with Crippen molar-refractivity contribution in [2.24, 2.45) is 0 Å². The molecule has 3 unspecified atom stereocenters. The fraction of sp³-hybridized carbons (Fsp3) is 0.800. The molecule has 0 spiro atoms. The van der Waals surface area contributed by atoms with Gasteiger partial charge >= 0.3 is 0 Å². The second kappa shape index (κ2) is 8.61. The molecule has 2 rings (SSSR count). The van der Waals surface area contributed by atoms with Gasteiger partial charge in [0.2, 0.25) is 0 Å². The highest BCUT2D eigenvalue weighted by Gasteiger charge is 2.47. The Labute approximate surface area is 149 Å². The highest BCUT2D eigenvalue weighted by molar-refractivity contribution is 5.02. The predicted molar refractivity (Wildman–Crippen MR) is 103 cm³/mol. The lowest BCUT2D eigenvalue weighted by Crippen LogP contribution is -3.23. The molecule has 0 aromatic heterocycles. The zero-order chi connectivity index (χ0) is 17.7. The van der Waals surface area contributed by atoms with Crippen molar-refractivity contribution in [1.82, 2.24) is 14.7 Å². The molecule has 4 nitrogen and oxygen atoms in total. The first-order valence-electron chi connectivity index (χ1n) is 9.74. The van der Waals surface area contributed by atoms with Crippen LogP contribution in [0.15, 0.2) is 25.3 Å². The van der Waals surface area contributed by atoms with E-state index < -0.39 is 0 Å². The largest absolute Gasteiger partial charge is 0.314 e. The van der Waals surface area contributed by atoms with Crippen LogP contribution in [-0.4, -0.2) is 79.9 Å². The molecule has 0 amide bonds. The monoisotopic (exact) mass is 335 g/mol. The van der Waals surface area contributed by atoms with E-state index in [1.54, 1.807) is 4.90 Å². The smallest absolute Gasteiger partial charge is 0.177 e. The summed E-state index contributed by atoms with van der Waals surface area (Å²) in [5, 5.41) is 0. The van der Waals surface area contributed by atoms with Crippen LogP contribution in [-0.2, 0) is 0 Å². The molecule has 4 heteroatoms. The fourth-order valence-corrected chi connectivity index (χ4v) is 4.87. The highest BCUT2D eigenvalue weighted by atomic mass is 15.5. The van der Waals surface area contributed by atoms with Gasteiger partial charge in [-0.3, -0.25) is 4.90 Å². The molecule has 2 aliphatic heterocycles. The zero-order valence-corrected chi connectivity index (χ0v) is 16.4. The van der Waals surface area contributed by atoms with Crippen LogP contribution in [0.1, 0.15) is 39.0 Å². The molecule has 2 saturated heterocycles. The average Bonchev–Trinajstić information content (AvgIpc) is 3.08. The predicted octanol–water partition coefficient (Wildman–Crippen LogP) is 1.43. The molecule has 2 aliphatic rings. The molecule has 2 heterocycles. The summed E-state index contributed by atoms with van der Waals surface area (Å²) in [4.78, 5) is 9.26. The number of hydrogen-bond donors (Lipinski definition) is 1. The summed E-state index contributed by atoms with van der Waals surface area (Å²) in [6.45, 7) is 15.4. The molecule has 138 valence electrons. The van der Waals surface area contributed by atoms with Crippen molar-refractivity contribution in [3.8, 4) is 0 Å². The molecule has 0 bridgehead atoms. The van der Waals surface area contributed by atoms with Crippen molar-refractivity contribution >= 4 is 0 Å². The van der Waals surface area contributed by atoms with Crippen molar-refractivity contribution < 1.29 is 4.90 Å². The van der Waals surface area contributed by atoms with E-state index in [9.17, 15) is 0 Å². The molecular weight excluding hydrogens is 296 g/mol. The van der Waals surface area contributed by atoms with Crippen LogP contribution in [0.4, 0.5) is 0 Å². The maximum Gasteiger partial charge on any atom is 0.177 e. The lowest BCUT2D eigenvalue weighted by molar-refractivity contribution is -0.965. The number of nitrogens with zero attached hydrogens (tertiary/aromatic N) is 3. The van der Waals surface area contributed by atoms with E-state index in [2.05, 4.69) is 68.1 Å². The number of likely N-dealkylation sites (tertiary alicyclic amines) is 2. The lowest BCUT2D eigenvalue weighted by Gasteiger charge is -2.50. The molecule has 0 radical (unpaired) electrons. The van der Waals surface area contributed by atoms with Gasteiger partial charge in [0.25, 0.3) is 0 Å². The third kappa shape index (κ3) is 3.77. The van der Waals surface area contributed by atoms with Gasteiger partial charge in [0, 0.05) is 32.4 Å². The Morgan fingerprint density at radius 3 is 2.42 bits per heavy atom. The summed E-state index contributed by atoms with van der Waals surface area (Å²) < 4.78 is 0. The average molecular weight is 336 g/mol. The first-order valence-corrected chi connectivity index (χ1v) is 9.74. The number of piperidine rings is 1. The highest BCUT2D eigenvalue weighted by Crippen LogP contribution is 2.26. The van der Waals surface area contributed by atoms with Crippen molar-refractivity contribution in [3.63, 3.8) is 0 Å². The van der Waals surface area contributed by atoms with Crippen LogP contribution >= 0.6 is 0 Å². The minimum absolute atomic E-state index is 0.0647. The van der Waals surface area contributed by atoms with E-state index in [4.69, 9.17) is 0 Å². The maximum atomic E-state index is 4.29. The van der Waals surface area contributed by atoms with Crippen molar-refractivity contribution in [3.05, 3.63) is 25.3 Å². The SMILES string of the molecule is C=CCC(C=C)(N(C)C1CCCN1CC)[NH+](C)C1CCN(C)CC1. The molecule has 0 aliphatic carbocycles. The van der Waals surface area contributed by atoms with E-state index in [0.29, 0.717) is 12.2 Å². The summed E-state index contributed by atoms with van der Waals surface area (Å²) in [5.74, 6) is 0. The van der Waals surface area contributed by atoms with Crippen LogP contribution in [0.3, 0.4) is 0 Å². The minimum atomic E-state index is -0.0647. The van der Waals surface area contributed by atoms with Crippen molar-refractivity contribution in [2.45, 2.75) is 56.9 Å². The van der Waals surface area contributed by atoms with Gasteiger partial charge in [0.1, 0.15) is 0 Å². The van der Waals surface area contributed by atoms with Crippen LogP contribution in [0.25, 0.3) is 0 Å². The topological polar surface area (TPSA) is 14.2 Å². The summed E-state index contributed by atoms with van der Waals surface area (Å²) in [7, 11) is 6.92. The molecule has 0 aromatic rings. The van der Waals surface area contributed by atoms with E-state index >= 15 is 0 Å². The van der Waals surface area contributed by atoms with Crippen LogP contribution in [0.5, 0.6) is 0 Å². The van der Waals surface area contributed by atoms with Gasteiger partial charge in [-0.05, 0) is 46.1 Å². The number of nitrogens with one attached hydrogen (secondary N) is 1. The second-order valence-electron chi connectivity index (χ2n) is 7.74. The summed E-state index contributed by atoms with van der Waals surface area (Å²) in [5.41, 5.74) is -0.0647. The standard InChI is InChI=1S/C20H38N4/c1-7-14-20(8-2,22(5)18-12-16-21(4)17-13-18)23(6)19-11-10-15-24(19)9-3/h7-8,18-19H,1-2,9-17H2,3-6H3/p+1. The van der Waals surface area contributed by atoms with E-state index in [1.165, 1.54) is 45.3 Å². The van der Waals surface area contributed by atoms with E-state index in [-0.39, 0.29) is 5.66 Å². The van der Waals surface area contributed by atoms with E-state index in [1.807, 2.05) is 0 Å². The van der Waals surface area contributed by atoms with Gasteiger partial charge in [-0.1, -0.05) is 19.6 Å². The Morgan fingerprint density at radius 2 is 1.88 bits per heavy atom. The van der Waals surface area contributed by atoms with Crippen LogP contribution in [0, 0.1) is 0 Å². The van der Waals surface area contributed by atoms with Crippen molar-refractivity contribution in [2.75, 3.05) is 47.3 Å². The first kappa shape index (κ1) is 19.6. The number of hydrogen-bond acceptors (Lipinski definition) is 3. The summed E-state index contributed by atoms with van der Waals surface area (Å²) in [6, 6.07) is 0.693. The summed E-state index contributed by atoms with van der Waals surface area (Å²) >= 11 is 0. The van der Waals surface area contributed by atoms with Gasteiger partial charge < -0.3 is 9.80 Å². The van der Waals surface area contributed by atoms with Crippen molar-refractivity contribution in [1.29, 1.82) is 0 Å². The summed E-state index contributed by atoms with van der Waals surface area (Å²) in [6.07, 6.45) is 10.9. The maximum absolute atomic E-state index is 4.29. The molecular formula is C20H39N4+. The van der Waals surface area contributed by atoms with Gasteiger partial charge in [-0.2, -0.15) is 0 Å².